The molecule has 0 radical (unpaired) electrons. The SMILES string of the molecule is Cc1ccc(O)c(N)c1.Cc1ccc(O)c([NH3+])c1.[N-]=C1C=CC#CC1=[NH2+].[Zn]. The first-order valence-electron chi connectivity index (χ1n) is 7.74. The maximum absolute atomic E-state index is 8.98. The van der Waals surface area contributed by atoms with Gasteiger partial charge in [-0.2, -0.15) is 0 Å². The van der Waals surface area contributed by atoms with E-state index in [4.69, 9.17) is 26.8 Å². The molecule has 0 fully saturated rings. The summed E-state index contributed by atoms with van der Waals surface area (Å²) in [5.41, 5.74) is 12.6. The molecule has 1 aliphatic carbocycles. The average molecular weight is 417 g/mol. The normalized spacial score (nSPS) is 10.9. The molecular formula is C20H23N4O2Zn+. The number of nitrogens with two attached hydrogens (primary N) is 2. The smallest absolute Gasteiger partial charge is 0.232 e. The third-order valence-electron chi connectivity index (χ3n) is 3.23. The van der Waals surface area contributed by atoms with E-state index in [1.54, 1.807) is 24.3 Å². The summed E-state index contributed by atoms with van der Waals surface area (Å²) in [6, 6.07) is 10.5. The van der Waals surface area contributed by atoms with Crippen molar-refractivity contribution in [2.24, 2.45) is 0 Å². The van der Waals surface area contributed by atoms with Gasteiger partial charge in [-0.25, -0.2) is 5.41 Å². The van der Waals surface area contributed by atoms with Crippen LogP contribution >= 0.6 is 0 Å². The van der Waals surface area contributed by atoms with Crippen molar-refractivity contribution in [1.29, 1.82) is 0 Å². The summed E-state index contributed by atoms with van der Waals surface area (Å²) in [4.78, 5) is 0. The molecule has 2 aromatic carbocycles. The molecule has 9 N–H and O–H groups in total. The molecular weight excluding hydrogens is 394 g/mol. The predicted molar refractivity (Wildman–Crippen MR) is 105 cm³/mol. The first kappa shape index (κ1) is 24.1. The van der Waals surface area contributed by atoms with Crippen molar-refractivity contribution in [3.05, 3.63) is 65.1 Å². The van der Waals surface area contributed by atoms with E-state index in [1.165, 1.54) is 6.08 Å². The zero-order valence-electron chi connectivity index (χ0n) is 15.5. The van der Waals surface area contributed by atoms with Gasteiger partial charge < -0.3 is 27.1 Å². The molecule has 0 aliphatic heterocycles. The van der Waals surface area contributed by atoms with Gasteiger partial charge in [0.1, 0.15) is 5.75 Å². The first-order chi connectivity index (χ1) is 12.2. The molecule has 3 rings (SSSR count). The number of phenols is 2. The molecule has 0 heterocycles. The molecule has 7 heteroatoms. The Bertz CT molecular complexity index is 862. The van der Waals surface area contributed by atoms with E-state index in [1.807, 2.05) is 32.0 Å². The van der Waals surface area contributed by atoms with Crippen molar-refractivity contribution in [2.75, 3.05) is 5.73 Å². The minimum atomic E-state index is 0. The van der Waals surface area contributed by atoms with Crippen molar-refractivity contribution in [1.82, 2.24) is 0 Å². The fourth-order valence-corrected chi connectivity index (χ4v) is 1.78. The van der Waals surface area contributed by atoms with E-state index < -0.39 is 0 Å². The zero-order chi connectivity index (χ0) is 19.7. The molecule has 0 unspecified atom stereocenters. The van der Waals surface area contributed by atoms with E-state index in [0.29, 0.717) is 11.4 Å². The van der Waals surface area contributed by atoms with Crippen molar-refractivity contribution >= 4 is 22.8 Å². The predicted octanol–water partition coefficient (Wildman–Crippen LogP) is 0.624. The minimum absolute atomic E-state index is 0. The monoisotopic (exact) mass is 415 g/mol. The number of hydrogen-bond donors (Lipinski definition) is 5. The Labute approximate surface area is 171 Å². The quantitative estimate of drug-likeness (QED) is 0.186. The summed E-state index contributed by atoms with van der Waals surface area (Å²) < 4.78 is 0. The second-order valence-corrected chi connectivity index (χ2v) is 5.60. The fourth-order valence-electron chi connectivity index (χ4n) is 1.78. The Hall–Kier alpha value is -2.94. The van der Waals surface area contributed by atoms with Gasteiger partial charge >= 0.3 is 0 Å². The van der Waals surface area contributed by atoms with Crippen molar-refractivity contribution < 1.29 is 40.8 Å². The number of nitrogens with zero attached hydrogens (tertiary/aromatic N) is 1. The molecule has 6 nitrogen and oxygen atoms in total. The molecule has 0 spiro atoms. The molecule has 2 aromatic rings. The molecule has 0 atom stereocenters. The van der Waals surface area contributed by atoms with E-state index in [9.17, 15) is 0 Å². The Morgan fingerprint density at radius 1 is 1.04 bits per heavy atom. The van der Waals surface area contributed by atoms with Crippen LogP contribution in [0.25, 0.3) is 5.41 Å². The van der Waals surface area contributed by atoms with Crippen LogP contribution in [0.1, 0.15) is 11.1 Å². The number of allylic oxidation sites excluding steroid dienone is 2. The van der Waals surface area contributed by atoms with Gasteiger partial charge in [0.25, 0.3) is 0 Å². The van der Waals surface area contributed by atoms with Gasteiger partial charge in [-0.15, -0.1) is 0 Å². The molecule has 27 heavy (non-hydrogen) atoms. The second-order valence-electron chi connectivity index (χ2n) is 5.60. The molecule has 0 bridgehead atoms. The first-order valence-corrected chi connectivity index (χ1v) is 7.74. The van der Waals surface area contributed by atoms with Crippen LogP contribution in [-0.4, -0.2) is 21.6 Å². The topological polar surface area (TPSA) is 142 Å². The molecule has 0 aromatic heterocycles. The van der Waals surface area contributed by atoms with Crippen LogP contribution in [-0.2, 0) is 19.5 Å². The minimum Gasteiger partial charge on any atom is -0.798 e. The Kier molecular flexibility index (Phi) is 10.4. The number of quaternary nitrogens is 1. The van der Waals surface area contributed by atoms with E-state index in [2.05, 4.69) is 17.6 Å². The van der Waals surface area contributed by atoms with Crippen LogP contribution < -0.4 is 16.9 Å². The third kappa shape index (κ3) is 8.82. The van der Waals surface area contributed by atoms with Gasteiger partial charge in [-0.1, -0.05) is 29.8 Å². The number of rotatable bonds is 0. The molecule has 0 saturated heterocycles. The summed E-state index contributed by atoms with van der Waals surface area (Å²) in [5, 5.41) is 31.8. The van der Waals surface area contributed by atoms with Gasteiger partial charge in [0, 0.05) is 31.5 Å². The molecule has 1 aliphatic rings. The van der Waals surface area contributed by atoms with Gasteiger partial charge in [0.15, 0.2) is 11.4 Å². The summed E-state index contributed by atoms with van der Waals surface area (Å²) in [6.45, 7) is 3.89. The largest absolute Gasteiger partial charge is 0.798 e. The van der Waals surface area contributed by atoms with Gasteiger partial charge in [-0.05, 0) is 49.2 Å². The number of hydrogen-bond acceptors (Lipinski definition) is 3. The van der Waals surface area contributed by atoms with Gasteiger partial charge in [0.05, 0.1) is 5.69 Å². The van der Waals surface area contributed by atoms with Crippen LogP contribution in [0.2, 0.25) is 0 Å². The second kappa shape index (κ2) is 11.6. The third-order valence-corrected chi connectivity index (χ3v) is 3.23. The Morgan fingerprint density at radius 3 is 1.96 bits per heavy atom. The molecule has 136 valence electrons. The summed E-state index contributed by atoms with van der Waals surface area (Å²) in [5.74, 6) is 5.51. The van der Waals surface area contributed by atoms with Crippen molar-refractivity contribution in [2.45, 2.75) is 13.8 Å². The van der Waals surface area contributed by atoms with Gasteiger partial charge in [-0.3, -0.25) is 0 Å². The number of phenolic OH excluding ortho intramolecular Hbond substituents is 2. The number of nitrogen functional groups attached to an aromatic ring is 1. The number of benzene rings is 2. The van der Waals surface area contributed by atoms with Crippen LogP contribution in [0.5, 0.6) is 11.5 Å². The van der Waals surface area contributed by atoms with Crippen LogP contribution in [0.3, 0.4) is 0 Å². The fraction of sp³-hybridized carbons (Fsp3) is 0.100. The van der Waals surface area contributed by atoms with Crippen LogP contribution in [0.15, 0.2) is 48.6 Å². The number of aryl methyl sites for hydroxylation is 2. The maximum Gasteiger partial charge on any atom is 0.232 e. The Balaban J connectivity index is 0.000000369. The van der Waals surface area contributed by atoms with Crippen LogP contribution in [0.4, 0.5) is 11.4 Å². The van der Waals surface area contributed by atoms with E-state index in [-0.39, 0.29) is 42.4 Å². The van der Waals surface area contributed by atoms with E-state index in [0.717, 1.165) is 11.1 Å². The van der Waals surface area contributed by atoms with Gasteiger partial charge in [0.2, 0.25) is 5.71 Å². The van der Waals surface area contributed by atoms with Crippen molar-refractivity contribution in [3.8, 4) is 23.3 Å². The standard InChI is InChI=1S/2C7H9NO.C6H3N2.Zn/c2*1-5-2-3-7(9)6(8)4-5;7-5-3-1-2-4-6(5)8;/h2*2-4,9H,8H2,1H3;1,3,8H;/q;;-1;/p+2. The summed E-state index contributed by atoms with van der Waals surface area (Å²) >= 11 is 0. The number of anilines is 1. The summed E-state index contributed by atoms with van der Waals surface area (Å²) in [7, 11) is 0. The van der Waals surface area contributed by atoms with Crippen molar-refractivity contribution in [3.63, 3.8) is 0 Å². The number of aromatic hydroxyl groups is 2. The Morgan fingerprint density at radius 2 is 1.59 bits per heavy atom. The van der Waals surface area contributed by atoms with E-state index >= 15 is 0 Å². The maximum atomic E-state index is 8.98. The molecule has 0 saturated carbocycles. The summed E-state index contributed by atoms with van der Waals surface area (Å²) in [6.07, 6.45) is 3.01. The zero-order valence-corrected chi connectivity index (χ0v) is 18.5. The average Bonchev–Trinajstić information content (AvgIpc) is 2.59. The van der Waals surface area contributed by atoms with Crippen LogP contribution in [0, 0.1) is 25.7 Å². The molecule has 0 amide bonds.